The Bertz CT molecular complexity index is 679. The first-order chi connectivity index (χ1) is 10.6. The zero-order valence-corrected chi connectivity index (χ0v) is 14.4. The van der Waals surface area contributed by atoms with E-state index in [9.17, 15) is 18.4 Å². The summed E-state index contributed by atoms with van der Waals surface area (Å²) in [7, 11) is 0. The fourth-order valence-electron chi connectivity index (χ4n) is 3.25. The van der Waals surface area contributed by atoms with Crippen molar-refractivity contribution in [1.29, 1.82) is 0 Å². The van der Waals surface area contributed by atoms with Crippen LogP contribution >= 0.6 is 15.9 Å². The third-order valence-corrected chi connectivity index (χ3v) is 5.37. The maximum Gasteiger partial charge on any atom is 0.263 e. The van der Waals surface area contributed by atoms with Crippen LogP contribution in [0.15, 0.2) is 28.7 Å². The molecule has 124 valence electrons. The highest BCUT2D eigenvalue weighted by Crippen LogP contribution is 2.43. The standard InChI is InChI=1S/C16H17BrF2N2O2/c1-14(2,10-3-5-11(17)6-4-10)13(23)21-8-15(18)7-20-12(22)16(15,19)9-21/h3-6H,7-9H2,1-2H3,(H,20,22)/t15-,16-/m0/s1. The number of amides is 2. The minimum atomic E-state index is -2.65. The molecule has 2 amide bonds. The van der Waals surface area contributed by atoms with Crippen LogP contribution in [0.4, 0.5) is 8.78 Å². The van der Waals surface area contributed by atoms with Crippen LogP contribution in [0.5, 0.6) is 0 Å². The van der Waals surface area contributed by atoms with Crippen LogP contribution in [-0.2, 0) is 15.0 Å². The van der Waals surface area contributed by atoms with Gasteiger partial charge in [0.2, 0.25) is 11.6 Å². The summed E-state index contributed by atoms with van der Waals surface area (Å²) in [4.78, 5) is 25.6. The molecule has 0 radical (unpaired) electrons. The lowest BCUT2D eigenvalue weighted by Gasteiger charge is -2.30. The predicted molar refractivity (Wildman–Crippen MR) is 84.4 cm³/mol. The second kappa shape index (κ2) is 5.00. The summed E-state index contributed by atoms with van der Waals surface area (Å²) in [5, 5.41) is 2.21. The van der Waals surface area contributed by atoms with Crippen molar-refractivity contribution in [3.8, 4) is 0 Å². The summed E-state index contributed by atoms with van der Waals surface area (Å²) >= 11 is 3.33. The second-order valence-corrected chi connectivity index (χ2v) is 7.66. The van der Waals surface area contributed by atoms with Gasteiger partial charge in [-0.2, -0.15) is 0 Å². The van der Waals surface area contributed by atoms with Crippen LogP contribution in [0.2, 0.25) is 0 Å². The fraction of sp³-hybridized carbons (Fsp3) is 0.500. The molecule has 2 saturated heterocycles. The molecule has 4 nitrogen and oxygen atoms in total. The topological polar surface area (TPSA) is 49.4 Å². The van der Waals surface area contributed by atoms with Gasteiger partial charge in [0.05, 0.1) is 25.0 Å². The molecule has 2 atom stereocenters. The first-order valence-corrected chi connectivity index (χ1v) is 8.11. The Morgan fingerprint density at radius 2 is 1.87 bits per heavy atom. The number of carbonyl (C=O) groups is 2. The van der Waals surface area contributed by atoms with Gasteiger partial charge in [-0.3, -0.25) is 9.59 Å². The SMILES string of the molecule is CC(C)(C(=O)N1C[C@@]2(F)CNC(=O)[C@@]2(F)C1)c1ccc(Br)cc1. The van der Waals surface area contributed by atoms with Gasteiger partial charge in [0.25, 0.3) is 5.91 Å². The molecule has 2 fully saturated rings. The number of nitrogens with zero attached hydrogens (tertiary/aromatic N) is 1. The summed E-state index contributed by atoms with van der Waals surface area (Å²) in [6.45, 7) is 2.06. The average Bonchev–Trinajstić information content (AvgIpc) is 2.88. The predicted octanol–water partition coefficient (Wildman–Crippen LogP) is 2.12. The van der Waals surface area contributed by atoms with Crippen LogP contribution in [0, 0.1) is 0 Å². The lowest BCUT2D eigenvalue weighted by Crippen LogP contribution is -2.48. The number of hydrogen-bond donors (Lipinski definition) is 1. The van der Waals surface area contributed by atoms with Crippen LogP contribution < -0.4 is 5.32 Å². The lowest BCUT2D eigenvalue weighted by molar-refractivity contribution is -0.137. The molecule has 2 heterocycles. The molecule has 0 spiro atoms. The van der Waals surface area contributed by atoms with E-state index in [4.69, 9.17) is 0 Å². The molecule has 0 aromatic heterocycles. The molecule has 1 N–H and O–H groups in total. The molecule has 2 aliphatic rings. The minimum Gasteiger partial charge on any atom is -0.350 e. The quantitative estimate of drug-likeness (QED) is 0.846. The van der Waals surface area contributed by atoms with E-state index in [-0.39, 0.29) is 0 Å². The van der Waals surface area contributed by atoms with E-state index in [0.717, 1.165) is 14.9 Å². The van der Waals surface area contributed by atoms with Crippen LogP contribution in [0.25, 0.3) is 0 Å². The molecule has 0 aliphatic carbocycles. The molecule has 1 aromatic rings. The number of likely N-dealkylation sites (tertiary alicyclic amines) is 1. The molecular weight excluding hydrogens is 370 g/mol. The first-order valence-electron chi connectivity index (χ1n) is 7.32. The summed E-state index contributed by atoms with van der Waals surface area (Å²) < 4.78 is 30.3. The van der Waals surface area contributed by atoms with Gasteiger partial charge in [0, 0.05) is 4.47 Å². The Labute approximate surface area is 141 Å². The third kappa shape index (κ3) is 2.28. The van der Waals surface area contributed by atoms with Crippen molar-refractivity contribution < 1.29 is 18.4 Å². The van der Waals surface area contributed by atoms with Crippen molar-refractivity contribution in [3.05, 3.63) is 34.3 Å². The number of hydrogen-bond acceptors (Lipinski definition) is 2. The van der Waals surface area contributed by atoms with Crippen molar-refractivity contribution >= 4 is 27.7 Å². The van der Waals surface area contributed by atoms with Gasteiger partial charge in [-0.05, 0) is 31.5 Å². The van der Waals surface area contributed by atoms with E-state index in [0.29, 0.717) is 0 Å². The number of halogens is 3. The number of alkyl halides is 2. The Kier molecular flexibility index (Phi) is 3.55. The highest BCUT2D eigenvalue weighted by atomic mass is 79.9. The summed E-state index contributed by atoms with van der Waals surface area (Å²) in [6, 6.07) is 7.21. The largest absolute Gasteiger partial charge is 0.350 e. The van der Waals surface area contributed by atoms with Crippen molar-refractivity contribution in [2.75, 3.05) is 19.6 Å². The number of benzene rings is 1. The molecule has 0 bridgehead atoms. The highest BCUT2D eigenvalue weighted by Gasteiger charge is 2.69. The van der Waals surface area contributed by atoms with Crippen molar-refractivity contribution in [2.45, 2.75) is 30.6 Å². The number of nitrogens with one attached hydrogen (secondary N) is 1. The Balaban J connectivity index is 1.87. The maximum atomic E-state index is 14.7. The summed E-state index contributed by atoms with van der Waals surface area (Å²) in [6.07, 6.45) is 0. The maximum absolute atomic E-state index is 14.7. The van der Waals surface area contributed by atoms with Gasteiger partial charge in [-0.25, -0.2) is 8.78 Å². The summed E-state index contributed by atoms with van der Waals surface area (Å²) in [5.41, 5.74) is -5.20. The van der Waals surface area contributed by atoms with Gasteiger partial charge in [0.15, 0.2) is 5.67 Å². The van der Waals surface area contributed by atoms with Crippen molar-refractivity contribution in [2.24, 2.45) is 0 Å². The van der Waals surface area contributed by atoms with E-state index in [1.54, 1.807) is 26.0 Å². The molecule has 7 heteroatoms. The normalized spacial score (nSPS) is 30.3. The van der Waals surface area contributed by atoms with E-state index < -0.39 is 48.2 Å². The van der Waals surface area contributed by atoms with Crippen molar-refractivity contribution in [1.82, 2.24) is 10.2 Å². The second-order valence-electron chi connectivity index (χ2n) is 6.74. The number of carbonyl (C=O) groups excluding carboxylic acids is 2. The molecular formula is C16H17BrF2N2O2. The van der Waals surface area contributed by atoms with Gasteiger partial charge in [-0.15, -0.1) is 0 Å². The zero-order chi connectivity index (χ0) is 17.0. The van der Waals surface area contributed by atoms with Gasteiger partial charge < -0.3 is 10.2 Å². The highest BCUT2D eigenvalue weighted by molar-refractivity contribution is 9.10. The monoisotopic (exact) mass is 386 g/mol. The Morgan fingerprint density at radius 3 is 2.43 bits per heavy atom. The summed E-state index contributed by atoms with van der Waals surface area (Å²) in [5.74, 6) is -1.37. The van der Waals surface area contributed by atoms with E-state index in [2.05, 4.69) is 21.2 Å². The number of rotatable bonds is 2. The van der Waals surface area contributed by atoms with Crippen LogP contribution in [0.3, 0.4) is 0 Å². The van der Waals surface area contributed by atoms with Crippen molar-refractivity contribution in [3.63, 3.8) is 0 Å². The molecule has 2 aliphatic heterocycles. The van der Waals surface area contributed by atoms with Gasteiger partial charge in [-0.1, -0.05) is 28.1 Å². The molecule has 23 heavy (non-hydrogen) atoms. The minimum absolute atomic E-state index is 0.393. The Morgan fingerprint density at radius 1 is 1.26 bits per heavy atom. The number of fused-ring (bicyclic) bond motifs is 1. The molecule has 3 rings (SSSR count). The smallest absolute Gasteiger partial charge is 0.263 e. The third-order valence-electron chi connectivity index (χ3n) is 4.84. The fourth-order valence-corrected chi connectivity index (χ4v) is 3.51. The molecule has 0 saturated carbocycles. The van der Waals surface area contributed by atoms with E-state index in [1.165, 1.54) is 0 Å². The van der Waals surface area contributed by atoms with Gasteiger partial charge in [0.1, 0.15) is 0 Å². The van der Waals surface area contributed by atoms with E-state index in [1.807, 2.05) is 12.1 Å². The van der Waals surface area contributed by atoms with Crippen LogP contribution in [0.1, 0.15) is 19.4 Å². The van der Waals surface area contributed by atoms with Crippen LogP contribution in [-0.4, -0.2) is 47.7 Å². The van der Waals surface area contributed by atoms with Gasteiger partial charge >= 0.3 is 0 Å². The molecule has 1 aromatic carbocycles. The lowest BCUT2D eigenvalue weighted by atomic mass is 9.83. The average molecular weight is 387 g/mol. The zero-order valence-electron chi connectivity index (χ0n) is 12.8. The molecule has 0 unspecified atom stereocenters. The van der Waals surface area contributed by atoms with E-state index >= 15 is 0 Å². The first kappa shape index (κ1) is 16.4. The Hall–Kier alpha value is -1.50.